The fourth-order valence-corrected chi connectivity index (χ4v) is 11.9. The molecule has 0 fully saturated rings. The highest BCUT2D eigenvalue weighted by molar-refractivity contribution is 6.06. The summed E-state index contributed by atoms with van der Waals surface area (Å²) in [6.07, 6.45) is 0. The van der Waals surface area contributed by atoms with E-state index in [2.05, 4.69) is 278 Å². The molecule has 0 atom stereocenters. The lowest BCUT2D eigenvalue weighted by Gasteiger charge is -2.34. The van der Waals surface area contributed by atoms with Gasteiger partial charge in [0, 0.05) is 27.7 Å². The maximum absolute atomic E-state index is 6.45. The first-order valence-corrected chi connectivity index (χ1v) is 25.2. The molecule has 0 aliphatic heterocycles. The minimum Gasteiger partial charge on any atom is -0.456 e. The predicted octanol–water partition coefficient (Wildman–Crippen LogP) is 19.2. The molecule has 0 saturated heterocycles. The van der Waals surface area contributed by atoms with Gasteiger partial charge in [0.15, 0.2) is 0 Å². The molecular weight excluding hydrogens is 883 g/mol. The van der Waals surface area contributed by atoms with Gasteiger partial charge in [0.25, 0.3) is 0 Å². The van der Waals surface area contributed by atoms with Crippen LogP contribution in [0.3, 0.4) is 0 Å². The number of rotatable bonds is 9. The van der Waals surface area contributed by atoms with Gasteiger partial charge < -0.3 is 9.32 Å². The first-order valence-electron chi connectivity index (χ1n) is 25.2. The molecule has 2 nitrogen and oxygen atoms in total. The zero-order valence-electron chi connectivity index (χ0n) is 40.0. The number of hydrogen-bond donors (Lipinski definition) is 0. The van der Waals surface area contributed by atoms with Gasteiger partial charge in [-0.1, -0.05) is 237 Å². The summed E-state index contributed by atoms with van der Waals surface area (Å²) < 4.78 is 6.45. The van der Waals surface area contributed by atoms with Crippen molar-refractivity contribution in [1.82, 2.24) is 0 Å². The van der Waals surface area contributed by atoms with Gasteiger partial charge in [-0.05, 0) is 132 Å². The van der Waals surface area contributed by atoms with Crippen molar-refractivity contribution >= 4 is 49.8 Å². The van der Waals surface area contributed by atoms with E-state index in [-0.39, 0.29) is 0 Å². The van der Waals surface area contributed by atoms with E-state index in [0.717, 1.165) is 61.3 Å². The van der Waals surface area contributed by atoms with Gasteiger partial charge >= 0.3 is 0 Å². The highest BCUT2D eigenvalue weighted by Gasteiger charge is 2.46. The fourth-order valence-electron chi connectivity index (χ4n) is 11.9. The molecule has 0 amide bonds. The highest BCUT2D eigenvalue weighted by atomic mass is 16.3. The molecule has 0 N–H and O–H groups in total. The second-order valence-corrected chi connectivity index (χ2v) is 19.1. The van der Waals surface area contributed by atoms with Crippen LogP contribution in [-0.4, -0.2) is 0 Å². The molecule has 73 heavy (non-hydrogen) atoms. The minimum atomic E-state index is -0.471. The number of para-hydroxylation sites is 2. The van der Waals surface area contributed by atoms with Crippen LogP contribution in [0.5, 0.6) is 0 Å². The molecular formula is C71H47NO. The normalized spacial score (nSPS) is 12.5. The minimum absolute atomic E-state index is 0.471. The van der Waals surface area contributed by atoms with E-state index in [9.17, 15) is 0 Å². The molecule has 0 saturated carbocycles. The maximum Gasteiger partial charge on any atom is 0.136 e. The first-order chi connectivity index (χ1) is 36.2. The third-order valence-electron chi connectivity index (χ3n) is 15.2. The molecule has 1 aromatic heterocycles. The average molecular weight is 930 g/mol. The SMILES string of the molecule is c1ccc(C2(c3ccccc3)c3ccccc3-c3c(-c4ccc(N(c5ccc(-c6ccc(-c7cccc8ccccc78)cc6)cc5)c5ccccc5-c5ccc6c(c5)oc5ccccc56)cc4)cccc32)cc1. The van der Waals surface area contributed by atoms with Crippen LogP contribution in [0.15, 0.2) is 290 Å². The summed E-state index contributed by atoms with van der Waals surface area (Å²) in [7, 11) is 0. The monoisotopic (exact) mass is 929 g/mol. The van der Waals surface area contributed by atoms with Crippen molar-refractivity contribution in [3.8, 4) is 55.6 Å². The van der Waals surface area contributed by atoms with Crippen LogP contribution in [0, 0.1) is 0 Å². The third-order valence-corrected chi connectivity index (χ3v) is 15.2. The molecule has 14 rings (SSSR count). The van der Waals surface area contributed by atoms with Crippen molar-refractivity contribution in [3.63, 3.8) is 0 Å². The van der Waals surface area contributed by atoms with Crippen molar-refractivity contribution in [2.24, 2.45) is 0 Å². The smallest absolute Gasteiger partial charge is 0.136 e. The van der Waals surface area contributed by atoms with E-state index in [1.807, 2.05) is 12.1 Å². The van der Waals surface area contributed by atoms with E-state index in [1.165, 1.54) is 66.4 Å². The first kappa shape index (κ1) is 42.4. The van der Waals surface area contributed by atoms with Gasteiger partial charge in [0.1, 0.15) is 11.2 Å². The summed E-state index contributed by atoms with van der Waals surface area (Å²) in [4.78, 5) is 2.40. The van der Waals surface area contributed by atoms with E-state index in [1.54, 1.807) is 0 Å². The van der Waals surface area contributed by atoms with Gasteiger partial charge in [-0.15, -0.1) is 0 Å². The lowest BCUT2D eigenvalue weighted by atomic mass is 9.67. The molecule has 0 radical (unpaired) electrons. The zero-order valence-corrected chi connectivity index (χ0v) is 40.0. The Balaban J connectivity index is 0.886. The van der Waals surface area contributed by atoms with Crippen LogP contribution in [0.1, 0.15) is 22.3 Å². The van der Waals surface area contributed by atoms with Crippen LogP contribution in [-0.2, 0) is 5.41 Å². The van der Waals surface area contributed by atoms with Crippen molar-refractivity contribution in [2.45, 2.75) is 5.41 Å². The Kier molecular flexibility index (Phi) is 10.1. The quantitative estimate of drug-likeness (QED) is 0.143. The highest BCUT2D eigenvalue weighted by Crippen LogP contribution is 2.58. The van der Waals surface area contributed by atoms with Crippen molar-refractivity contribution < 1.29 is 4.42 Å². The number of furan rings is 1. The standard InChI is InChI=1S/C71H47NO/c1-3-19-54(20-4-1)71(55-21-5-2-6-22-55)65-29-12-9-26-64(65)70-61(28-16-30-66(70)71)52-39-44-57(45-40-52)72(67-31-13-10-24-60(67)53-41-46-63-62-25-11-14-32-68(62)73-69(63)47-53)56-42-37-49(38-43-56)48-33-35-51(36-34-48)59-27-15-18-50-17-7-8-23-58(50)59/h1-47H. The van der Waals surface area contributed by atoms with Crippen LogP contribution >= 0.6 is 0 Å². The summed E-state index contributed by atoms with van der Waals surface area (Å²) in [5.41, 5.74) is 21.5. The summed E-state index contributed by atoms with van der Waals surface area (Å²) >= 11 is 0. The van der Waals surface area contributed by atoms with E-state index < -0.39 is 5.41 Å². The number of nitrogens with zero attached hydrogens (tertiary/aromatic N) is 1. The lowest BCUT2D eigenvalue weighted by molar-refractivity contribution is 0.669. The number of hydrogen-bond acceptors (Lipinski definition) is 2. The van der Waals surface area contributed by atoms with Crippen LogP contribution < -0.4 is 4.90 Å². The fraction of sp³-hybridized carbons (Fsp3) is 0.0141. The largest absolute Gasteiger partial charge is 0.456 e. The lowest BCUT2D eigenvalue weighted by Crippen LogP contribution is -2.28. The van der Waals surface area contributed by atoms with Gasteiger partial charge in [-0.25, -0.2) is 0 Å². The van der Waals surface area contributed by atoms with E-state index >= 15 is 0 Å². The number of anilines is 3. The van der Waals surface area contributed by atoms with Crippen molar-refractivity contribution in [3.05, 3.63) is 307 Å². The average Bonchev–Trinajstić information content (AvgIpc) is 4.00. The summed E-state index contributed by atoms with van der Waals surface area (Å²) in [6, 6.07) is 104. The Labute approximate surface area is 425 Å². The van der Waals surface area contributed by atoms with Crippen molar-refractivity contribution in [2.75, 3.05) is 4.90 Å². The molecule has 1 heterocycles. The molecule has 13 aromatic rings. The topological polar surface area (TPSA) is 16.4 Å². The zero-order chi connectivity index (χ0) is 48.3. The van der Waals surface area contributed by atoms with Crippen LogP contribution in [0.2, 0.25) is 0 Å². The maximum atomic E-state index is 6.45. The molecule has 12 aromatic carbocycles. The third kappa shape index (κ3) is 6.94. The Bertz CT molecular complexity index is 4130. The van der Waals surface area contributed by atoms with Gasteiger partial charge in [-0.2, -0.15) is 0 Å². The molecule has 1 aliphatic carbocycles. The van der Waals surface area contributed by atoms with Gasteiger partial charge in [0.05, 0.1) is 11.1 Å². The Morgan fingerprint density at radius 3 is 1.51 bits per heavy atom. The van der Waals surface area contributed by atoms with E-state index in [0.29, 0.717) is 0 Å². The van der Waals surface area contributed by atoms with Gasteiger partial charge in [-0.3, -0.25) is 0 Å². The van der Waals surface area contributed by atoms with E-state index in [4.69, 9.17) is 4.42 Å². The second kappa shape index (κ2) is 17.4. The molecule has 0 spiro atoms. The van der Waals surface area contributed by atoms with Crippen LogP contribution in [0.25, 0.3) is 88.3 Å². The Morgan fingerprint density at radius 1 is 0.288 bits per heavy atom. The molecule has 342 valence electrons. The molecule has 2 heteroatoms. The second-order valence-electron chi connectivity index (χ2n) is 19.1. The molecule has 1 aliphatic rings. The van der Waals surface area contributed by atoms with Gasteiger partial charge in [0.2, 0.25) is 0 Å². The summed E-state index contributed by atoms with van der Waals surface area (Å²) in [5.74, 6) is 0. The number of fused-ring (bicyclic) bond motifs is 7. The van der Waals surface area contributed by atoms with Crippen LogP contribution in [0.4, 0.5) is 17.1 Å². The summed E-state index contributed by atoms with van der Waals surface area (Å²) in [6.45, 7) is 0. The van der Waals surface area contributed by atoms with Crippen molar-refractivity contribution in [1.29, 1.82) is 0 Å². The predicted molar refractivity (Wildman–Crippen MR) is 305 cm³/mol. The Hall–Kier alpha value is -9.50. The molecule has 0 unspecified atom stereocenters. The number of benzene rings is 12. The Morgan fingerprint density at radius 2 is 0.767 bits per heavy atom. The molecule has 0 bridgehead atoms. The summed E-state index contributed by atoms with van der Waals surface area (Å²) in [5, 5.41) is 4.75.